The first-order valence-corrected chi connectivity index (χ1v) is 6.66. The second kappa shape index (κ2) is 6.48. The number of aryl methyl sites for hydroxylation is 2. The zero-order valence-corrected chi connectivity index (χ0v) is 11.4. The molecule has 0 aliphatic rings. The summed E-state index contributed by atoms with van der Waals surface area (Å²) in [5.41, 5.74) is 1.93. The van der Waals surface area contributed by atoms with Crippen LogP contribution in [0, 0.1) is 5.82 Å². The number of nitrogens with zero attached hydrogens (tertiary/aromatic N) is 2. The number of hydrogen-bond acceptors (Lipinski definition) is 2. The Morgan fingerprint density at radius 3 is 2.79 bits per heavy atom. The smallest absolute Gasteiger partial charge is 0.127 e. The van der Waals surface area contributed by atoms with E-state index in [1.54, 1.807) is 10.7 Å². The van der Waals surface area contributed by atoms with Crippen LogP contribution in [-0.2, 0) is 13.5 Å². The maximum absolute atomic E-state index is 13.8. The minimum atomic E-state index is -0.139. The highest BCUT2D eigenvalue weighted by Gasteiger charge is 2.14. The number of hydrogen-bond donors (Lipinski definition) is 1. The predicted molar refractivity (Wildman–Crippen MR) is 74.3 cm³/mol. The topological polar surface area (TPSA) is 29.9 Å². The SMILES string of the molecule is CCNC(CCc1cnn(C)c1)c1ccccc1F. The van der Waals surface area contributed by atoms with E-state index in [-0.39, 0.29) is 11.9 Å². The summed E-state index contributed by atoms with van der Waals surface area (Å²) in [6.07, 6.45) is 5.62. The molecule has 0 aliphatic heterocycles. The van der Waals surface area contributed by atoms with Crippen LogP contribution in [0.2, 0.25) is 0 Å². The van der Waals surface area contributed by atoms with Gasteiger partial charge >= 0.3 is 0 Å². The van der Waals surface area contributed by atoms with E-state index in [0.29, 0.717) is 0 Å². The van der Waals surface area contributed by atoms with E-state index < -0.39 is 0 Å². The molecule has 1 unspecified atom stereocenters. The van der Waals surface area contributed by atoms with Crippen LogP contribution in [0.1, 0.15) is 30.5 Å². The first kappa shape index (κ1) is 13.7. The lowest BCUT2D eigenvalue weighted by atomic mass is 9.99. The Morgan fingerprint density at radius 1 is 1.37 bits per heavy atom. The van der Waals surface area contributed by atoms with Crippen molar-refractivity contribution >= 4 is 0 Å². The standard InChI is InChI=1S/C15H20FN3/c1-3-17-15(13-6-4-5-7-14(13)16)9-8-12-10-18-19(2)11-12/h4-7,10-11,15,17H,3,8-9H2,1-2H3. The molecule has 1 atom stereocenters. The molecule has 0 saturated carbocycles. The molecule has 0 fully saturated rings. The van der Waals surface area contributed by atoms with Crippen molar-refractivity contribution < 1.29 is 4.39 Å². The van der Waals surface area contributed by atoms with Gasteiger partial charge in [0.1, 0.15) is 5.82 Å². The number of rotatable bonds is 6. The van der Waals surface area contributed by atoms with E-state index in [1.165, 1.54) is 11.6 Å². The molecule has 0 amide bonds. The van der Waals surface area contributed by atoms with Crippen LogP contribution in [-0.4, -0.2) is 16.3 Å². The van der Waals surface area contributed by atoms with Gasteiger partial charge in [-0.1, -0.05) is 25.1 Å². The summed E-state index contributed by atoms with van der Waals surface area (Å²) in [5.74, 6) is -0.139. The summed E-state index contributed by atoms with van der Waals surface area (Å²) in [6.45, 7) is 2.87. The van der Waals surface area contributed by atoms with E-state index in [0.717, 1.165) is 24.9 Å². The largest absolute Gasteiger partial charge is 0.310 e. The Hall–Kier alpha value is -1.68. The van der Waals surface area contributed by atoms with Gasteiger partial charge in [0, 0.05) is 24.8 Å². The van der Waals surface area contributed by atoms with Gasteiger partial charge in [0.15, 0.2) is 0 Å². The molecule has 0 bridgehead atoms. The van der Waals surface area contributed by atoms with E-state index >= 15 is 0 Å². The third-order valence-corrected chi connectivity index (χ3v) is 3.21. The van der Waals surface area contributed by atoms with Crippen LogP contribution >= 0.6 is 0 Å². The van der Waals surface area contributed by atoms with Crippen molar-refractivity contribution in [2.24, 2.45) is 7.05 Å². The minimum Gasteiger partial charge on any atom is -0.310 e. The fraction of sp³-hybridized carbons (Fsp3) is 0.400. The maximum Gasteiger partial charge on any atom is 0.127 e. The molecular weight excluding hydrogens is 241 g/mol. The summed E-state index contributed by atoms with van der Waals surface area (Å²) in [5, 5.41) is 7.50. The van der Waals surface area contributed by atoms with Crippen molar-refractivity contribution in [2.45, 2.75) is 25.8 Å². The molecule has 102 valence electrons. The van der Waals surface area contributed by atoms with Gasteiger partial charge in [0.2, 0.25) is 0 Å². The summed E-state index contributed by atoms with van der Waals surface area (Å²) < 4.78 is 15.6. The third kappa shape index (κ3) is 3.64. The fourth-order valence-corrected chi connectivity index (χ4v) is 2.28. The molecular formula is C15H20FN3. The van der Waals surface area contributed by atoms with Crippen molar-refractivity contribution in [1.29, 1.82) is 0 Å². The average molecular weight is 261 g/mol. The highest BCUT2D eigenvalue weighted by molar-refractivity contribution is 5.21. The van der Waals surface area contributed by atoms with Crippen LogP contribution in [0.25, 0.3) is 0 Å². The number of benzene rings is 1. The average Bonchev–Trinajstić information content (AvgIpc) is 2.81. The normalized spacial score (nSPS) is 12.6. The Bertz CT molecular complexity index is 522. The molecule has 1 aromatic carbocycles. The van der Waals surface area contributed by atoms with Gasteiger partial charge in [0.25, 0.3) is 0 Å². The number of nitrogens with one attached hydrogen (secondary N) is 1. The van der Waals surface area contributed by atoms with Gasteiger partial charge in [-0.3, -0.25) is 4.68 Å². The van der Waals surface area contributed by atoms with Crippen molar-refractivity contribution in [3.8, 4) is 0 Å². The molecule has 2 aromatic rings. The van der Waals surface area contributed by atoms with E-state index in [2.05, 4.69) is 10.4 Å². The molecule has 0 saturated heterocycles. The van der Waals surface area contributed by atoms with Crippen LogP contribution in [0.15, 0.2) is 36.7 Å². The minimum absolute atomic E-state index is 0.0476. The fourth-order valence-electron chi connectivity index (χ4n) is 2.28. The summed E-state index contributed by atoms with van der Waals surface area (Å²) in [6, 6.07) is 7.03. The second-order valence-corrected chi connectivity index (χ2v) is 4.69. The lowest BCUT2D eigenvalue weighted by Gasteiger charge is -2.18. The van der Waals surface area contributed by atoms with Crippen molar-refractivity contribution in [2.75, 3.05) is 6.54 Å². The quantitative estimate of drug-likeness (QED) is 0.866. The molecule has 1 heterocycles. The summed E-state index contributed by atoms with van der Waals surface area (Å²) in [4.78, 5) is 0. The zero-order valence-electron chi connectivity index (χ0n) is 11.4. The second-order valence-electron chi connectivity index (χ2n) is 4.69. The molecule has 1 N–H and O–H groups in total. The predicted octanol–water partition coefficient (Wildman–Crippen LogP) is 2.84. The molecule has 0 aliphatic carbocycles. The highest BCUT2D eigenvalue weighted by Crippen LogP contribution is 2.21. The van der Waals surface area contributed by atoms with Crippen molar-refractivity contribution in [3.63, 3.8) is 0 Å². The van der Waals surface area contributed by atoms with Gasteiger partial charge < -0.3 is 5.32 Å². The van der Waals surface area contributed by atoms with Gasteiger partial charge in [-0.15, -0.1) is 0 Å². The van der Waals surface area contributed by atoms with Gasteiger partial charge in [-0.05, 0) is 31.0 Å². The van der Waals surface area contributed by atoms with Gasteiger partial charge in [-0.25, -0.2) is 4.39 Å². The lowest BCUT2D eigenvalue weighted by Crippen LogP contribution is -2.22. The third-order valence-electron chi connectivity index (χ3n) is 3.21. The monoisotopic (exact) mass is 261 g/mol. The van der Waals surface area contributed by atoms with Crippen molar-refractivity contribution in [1.82, 2.24) is 15.1 Å². The van der Waals surface area contributed by atoms with E-state index in [9.17, 15) is 4.39 Å². The molecule has 1 aromatic heterocycles. The Balaban J connectivity index is 2.06. The molecule has 19 heavy (non-hydrogen) atoms. The van der Waals surface area contributed by atoms with Gasteiger partial charge in [-0.2, -0.15) is 5.10 Å². The van der Waals surface area contributed by atoms with Gasteiger partial charge in [0.05, 0.1) is 6.20 Å². The molecule has 0 radical (unpaired) electrons. The lowest BCUT2D eigenvalue weighted by molar-refractivity contribution is 0.485. The first-order valence-electron chi connectivity index (χ1n) is 6.66. The number of aromatic nitrogens is 2. The molecule has 3 nitrogen and oxygen atoms in total. The van der Waals surface area contributed by atoms with Crippen LogP contribution in [0.5, 0.6) is 0 Å². The Kier molecular flexibility index (Phi) is 4.68. The summed E-state index contributed by atoms with van der Waals surface area (Å²) in [7, 11) is 1.90. The Labute approximate surface area is 113 Å². The van der Waals surface area contributed by atoms with Crippen LogP contribution in [0.4, 0.5) is 4.39 Å². The van der Waals surface area contributed by atoms with Crippen LogP contribution in [0.3, 0.4) is 0 Å². The van der Waals surface area contributed by atoms with Crippen molar-refractivity contribution in [3.05, 3.63) is 53.6 Å². The molecule has 0 spiro atoms. The maximum atomic E-state index is 13.8. The zero-order chi connectivity index (χ0) is 13.7. The summed E-state index contributed by atoms with van der Waals surface area (Å²) >= 11 is 0. The highest BCUT2D eigenvalue weighted by atomic mass is 19.1. The van der Waals surface area contributed by atoms with E-state index in [1.807, 2.05) is 38.5 Å². The number of halogens is 1. The van der Waals surface area contributed by atoms with Crippen LogP contribution < -0.4 is 5.32 Å². The van der Waals surface area contributed by atoms with E-state index in [4.69, 9.17) is 0 Å². The molecule has 2 rings (SSSR count). The molecule has 4 heteroatoms. The Morgan fingerprint density at radius 2 is 2.16 bits per heavy atom. The first-order chi connectivity index (χ1) is 9.20.